The van der Waals surface area contributed by atoms with Crippen molar-refractivity contribution in [2.75, 3.05) is 94.8 Å². The lowest BCUT2D eigenvalue weighted by Crippen LogP contribution is -2.50. The van der Waals surface area contributed by atoms with E-state index in [4.69, 9.17) is 14.2 Å². The molecule has 0 radical (unpaired) electrons. The van der Waals surface area contributed by atoms with Crippen LogP contribution in [-0.4, -0.2) is 112 Å². The van der Waals surface area contributed by atoms with Gasteiger partial charge in [0.25, 0.3) is 0 Å². The SMILES string of the molecule is COc1cccc(NC(=O)N2CCN(c3ccc(N4CCN(CC5CCCO5)CC4)nn3)CC2)c1OC. The van der Waals surface area contributed by atoms with Gasteiger partial charge in [-0.05, 0) is 37.1 Å². The van der Waals surface area contributed by atoms with E-state index in [9.17, 15) is 4.79 Å². The second kappa shape index (κ2) is 11.8. The number of amides is 2. The Kier molecular flexibility index (Phi) is 8.10. The van der Waals surface area contributed by atoms with Crippen molar-refractivity contribution >= 4 is 23.4 Å². The number of nitrogens with one attached hydrogen (secondary N) is 1. The summed E-state index contributed by atoms with van der Waals surface area (Å²) in [6.07, 6.45) is 2.78. The van der Waals surface area contributed by atoms with Crippen LogP contribution in [-0.2, 0) is 4.74 Å². The minimum absolute atomic E-state index is 0.161. The van der Waals surface area contributed by atoms with Gasteiger partial charge in [0.1, 0.15) is 0 Å². The Bertz CT molecular complexity index is 1030. The molecule has 1 aromatic heterocycles. The maximum atomic E-state index is 12.9. The summed E-state index contributed by atoms with van der Waals surface area (Å²) < 4.78 is 16.5. The molecular formula is C26H37N7O4. The fourth-order valence-electron chi connectivity index (χ4n) is 5.21. The summed E-state index contributed by atoms with van der Waals surface area (Å²) in [5.74, 6) is 2.85. The fourth-order valence-corrected chi connectivity index (χ4v) is 5.21. The normalized spacial score (nSPS) is 20.7. The molecule has 0 spiro atoms. The molecule has 11 nitrogen and oxygen atoms in total. The summed E-state index contributed by atoms with van der Waals surface area (Å²) in [6.45, 7) is 8.46. The summed E-state index contributed by atoms with van der Waals surface area (Å²) in [6, 6.07) is 9.36. The van der Waals surface area contributed by atoms with E-state index in [-0.39, 0.29) is 6.03 Å². The lowest BCUT2D eigenvalue weighted by atomic mass is 10.2. The second-order valence-electron chi connectivity index (χ2n) is 9.62. The standard InChI is InChI=1S/C26H37N7O4/c1-35-22-7-3-6-21(25(22)36-2)27-26(34)33-16-14-32(15-17-33)24-9-8-23(28-29-24)31-12-10-30(11-13-31)19-20-5-4-18-37-20/h3,6-9,20H,4-5,10-19H2,1-2H3,(H,27,34). The van der Waals surface area contributed by atoms with Crippen LogP contribution >= 0.6 is 0 Å². The molecule has 11 heteroatoms. The number of hydrogen-bond acceptors (Lipinski definition) is 9. The number of urea groups is 1. The van der Waals surface area contributed by atoms with Gasteiger partial charge in [0.05, 0.1) is 26.0 Å². The number of methoxy groups -OCH3 is 2. The highest BCUT2D eigenvalue weighted by Crippen LogP contribution is 2.34. The first-order valence-corrected chi connectivity index (χ1v) is 13.1. The minimum Gasteiger partial charge on any atom is -0.493 e. The van der Waals surface area contributed by atoms with Crippen LogP contribution in [0.2, 0.25) is 0 Å². The topological polar surface area (TPSA) is 95.5 Å². The number of para-hydroxylation sites is 1. The van der Waals surface area contributed by atoms with E-state index in [1.807, 2.05) is 12.1 Å². The van der Waals surface area contributed by atoms with E-state index in [1.165, 1.54) is 12.8 Å². The molecule has 37 heavy (non-hydrogen) atoms. The Morgan fingerprint density at radius 2 is 1.62 bits per heavy atom. The van der Waals surface area contributed by atoms with Crippen LogP contribution < -0.4 is 24.6 Å². The van der Waals surface area contributed by atoms with Crippen molar-refractivity contribution in [1.29, 1.82) is 0 Å². The van der Waals surface area contributed by atoms with E-state index in [0.29, 0.717) is 49.5 Å². The zero-order valence-corrected chi connectivity index (χ0v) is 21.8. The van der Waals surface area contributed by atoms with Crippen LogP contribution in [0.25, 0.3) is 0 Å². The van der Waals surface area contributed by atoms with Crippen molar-refractivity contribution in [3.63, 3.8) is 0 Å². The number of nitrogens with zero attached hydrogens (tertiary/aromatic N) is 6. The number of piperazine rings is 2. The molecule has 1 unspecified atom stereocenters. The molecule has 1 atom stereocenters. The Labute approximate surface area is 218 Å². The highest BCUT2D eigenvalue weighted by Gasteiger charge is 2.25. The average molecular weight is 512 g/mol. The first kappa shape index (κ1) is 25.3. The number of ether oxygens (including phenoxy) is 3. The Hall–Kier alpha value is -3.31. The molecule has 0 bridgehead atoms. The molecule has 4 heterocycles. The molecular weight excluding hydrogens is 474 g/mol. The predicted molar refractivity (Wildman–Crippen MR) is 142 cm³/mol. The number of carbonyl (C=O) groups excluding carboxylic acids is 1. The number of carbonyl (C=O) groups is 1. The summed E-state index contributed by atoms with van der Waals surface area (Å²) in [5, 5.41) is 12.0. The lowest BCUT2D eigenvalue weighted by molar-refractivity contribution is 0.0712. The number of anilines is 3. The molecule has 3 aliphatic heterocycles. The average Bonchev–Trinajstić information content (AvgIpc) is 3.46. The molecule has 3 fully saturated rings. The van der Waals surface area contributed by atoms with Gasteiger partial charge >= 0.3 is 6.03 Å². The lowest BCUT2D eigenvalue weighted by Gasteiger charge is -2.37. The Morgan fingerprint density at radius 3 is 2.19 bits per heavy atom. The number of aromatic nitrogens is 2. The van der Waals surface area contributed by atoms with Crippen molar-refractivity contribution < 1.29 is 19.0 Å². The van der Waals surface area contributed by atoms with Crippen molar-refractivity contribution in [2.45, 2.75) is 18.9 Å². The van der Waals surface area contributed by atoms with Crippen molar-refractivity contribution in [2.24, 2.45) is 0 Å². The molecule has 2 aromatic rings. The molecule has 3 saturated heterocycles. The highest BCUT2D eigenvalue weighted by molar-refractivity contribution is 5.91. The van der Waals surface area contributed by atoms with Crippen LogP contribution in [0.4, 0.5) is 22.1 Å². The van der Waals surface area contributed by atoms with E-state index < -0.39 is 0 Å². The van der Waals surface area contributed by atoms with Gasteiger partial charge in [0, 0.05) is 65.5 Å². The monoisotopic (exact) mass is 511 g/mol. The molecule has 0 aliphatic carbocycles. The second-order valence-corrected chi connectivity index (χ2v) is 9.62. The third kappa shape index (κ3) is 5.99. The quantitative estimate of drug-likeness (QED) is 0.600. The molecule has 0 saturated carbocycles. The molecule has 200 valence electrons. The van der Waals surface area contributed by atoms with Gasteiger partial charge in [-0.15, -0.1) is 10.2 Å². The first-order chi connectivity index (χ1) is 18.1. The number of benzene rings is 1. The Balaban J connectivity index is 1.09. The van der Waals surface area contributed by atoms with E-state index in [1.54, 1.807) is 31.3 Å². The third-order valence-corrected chi connectivity index (χ3v) is 7.35. The molecule has 3 aliphatic rings. The molecule has 1 N–H and O–H groups in total. The number of rotatable bonds is 7. The predicted octanol–water partition coefficient (Wildman–Crippen LogP) is 2.15. The van der Waals surface area contributed by atoms with Crippen molar-refractivity contribution in [1.82, 2.24) is 20.0 Å². The summed E-state index contributed by atoms with van der Waals surface area (Å²) in [5.41, 5.74) is 0.587. The maximum absolute atomic E-state index is 12.9. The smallest absolute Gasteiger partial charge is 0.322 e. The summed E-state index contributed by atoms with van der Waals surface area (Å²) in [7, 11) is 3.14. The zero-order chi connectivity index (χ0) is 25.6. The summed E-state index contributed by atoms with van der Waals surface area (Å²) >= 11 is 0. The van der Waals surface area contributed by atoms with E-state index in [2.05, 4.69) is 36.3 Å². The van der Waals surface area contributed by atoms with Gasteiger partial charge in [-0.25, -0.2) is 4.79 Å². The number of hydrogen-bond donors (Lipinski definition) is 1. The summed E-state index contributed by atoms with van der Waals surface area (Å²) in [4.78, 5) is 21.6. The van der Waals surface area contributed by atoms with Gasteiger partial charge < -0.3 is 34.2 Å². The molecule has 2 amide bonds. The largest absolute Gasteiger partial charge is 0.493 e. The maximum Gasteiger partial charge on any atom is 0.322 e. The van der Waals surface area contributed by atoms with Gasteiger partial charge in [0.2, 0.25) is 0 Å². The van der Waals surface area contributed by atoms with E-state index >= 15 is 0 Å². The Morgan fingerprint density at radius 1 is 0.946 bits per heavy atom. The van der Waals surface area contributed by atoms with Gasteiger partial charge in [0.15, 0.2) is 23.1 Å². The van der Waals surface area contributed by atoms with Crippen molar-refractivity contribution in [3.05, 3.63) is 30.3 Å². The highest BCUT2D eigenvalue weighted by atomic mass is 16.5. The third-order valence-electron chi connectivity index (χ3n) is 7.35. The van der Waals surface area contributed by atoms with Crippen LogP contribution in [0.1, 0.15) is 12.8 Å². The zero-order valence-electron chi connectivity index (χ0n) is 21.8. The van der Waals surface area contributed by atoms with Crippen LogP contribution in [0.15, 0.2) is 30.3 Å². The fraction of sp³-hybridized carbons (Fsp3) is 0.577. The van der Waals surface area contributed by atoms with Crippen LogP contribution in [0.3, 0.4) is 0 Å². The van der Waals surface area contributed by atoms with E-state index in [0.717, 1.165) is 51.0 Å². The van der Waals surface area contributed by atoms with Gasteiger partial charge in [-0.3, -0.25) is 4.90 Å². The molecule has 5 rings (SSSR count). The van der Waals surface area contributed by atoms with Crippen molar-refractivity contribution in [3.8, 4) is 11.5 Å². The van der Waals surface area contributed by atoms with Gasteiger partial charge in [-0.2, -0.15) is 0 Å². The van der Waals surface area contributed by atoms with Gasteiger partial charge in [-0.1, -0.05) is 6.07 Å². The first-order valence-electron chi connectivity index (χ1n) is 13.1. The molecule has 1 aromatic carbocycles. The van der Waals surface area contributed by atoms with Crippen LogP contribution in [0.5, 0.6) is 11.5 Å². The minimum atomic E-state index is -0.161. The van der Waals surface area contributed by atoms with Crippen LogP contribution in [0, 0.1) is 0 Å².